The second-order valence-corrected chi connectivity index (χ2v) is 8.58. The molecule has 1 unspecified atom stereocenters. The number of likely N-dealkylation sites (tertiary alicyclic amines) is 1. The van der Waals surface area contributed by atoms with Crippen molar-refractivity contribution >= 4 is 22.4 Å². The van der Waals surface area contributed by atoms with Crippen LogP contribution in [0, 0.1) is 0 Å². The van der Waals surface area contributed by atoms with Crippen LogP contribution in [-0.4, -0.2) is 37.1 Å². The molecular weight excluding hydrogens is 414 g/mol. The number of rotatable bonds is 7. The number of hydrogen-bond donors (Lipinski definition) is 0. The Hall–Kier alpha value is -3.21. The van der Waals surface area contributed by atoms with E-state index >= 15 is 0 Å². The first-order chi connectivity index (χ1) is 16.0. The highest BCUT2D eigenvalue weighted by molar-refractivity contribution is 6.00. The van der Waals surface area contributed by atoms with E-state index in [9.17, 15) is 4.79 Å². The molecular formula is C28H33NO4. The van der Waals surface area contributed by atoms with Crippen molar-refractivity contribution in [1.29, 1.82) is 0 Å². The van der Waals surface area contributed by atoms with Gasteiger partial charge in [0.05, 0.1) is 20.0 Å². The van der Waals surface area contributed by atoms with Crippen LogP contribution < -0.4 is 9.47 Å². The minimum Gasteiger partial charge on any atom is -0.497 e. The van der Waals surface area contributed by atoms with Crippen molar-refractivity contribution < 1.29 is 18.7 Å². The SMILES string of the molecule is CCOc1cc2occ(-c3cccc(OC)c3)c2cc1/C(C)=C/C(=O)N1CCCCC1CC. The summed E-state index contributed by atoms with van der Waals surface area (Å²) in [6, 6.07) is 12.3. The highest BCUT2D eigenvalue weighted by Crippen LogP contribution is 2.38. The molecule has 2 heterocycles. The molecule has 0 radical (unpaired) electrons. The van der Waals surface area contributed by atoms with Crippen molar-refractivity contribution in [3.05, 3.63) is 54.3 Å². The van der Waals surface area contributed by atoms with E-state index in [0.29, 0.717) is 12.6 Å². The van der Waals surface area contributed by atoms with Crippen molar-refractivity contribution in [2.24, 2.45) is 0 Å². The molecule has 4 rings (SSSR count). The highest BCUT2D eigenvalue weighted by Gasteiger charge is 2.24. The molecule has 1 fully saturated rings. The molecule has 174 valence electrons. The van der Waals surface area contributed by atoms with Gasteiger partial charge in [-0.1, -0.05) is 19.1 Å². The standard InChI is InChI=1S/C28H33NO4/c1-5-21-11-7-8-13-29(21)28(30)14-19(3)23-16-24-25(20-10-9-12-22(15-20)31-4)18-33-27(24)17-26(23)32-6-2/h9-10,12,14-18,21H,5-8,11,13H2,1-4H3/b19-14+. The molecule has 33 heavy (non-hydrogen) atoms. The Morgan fingerprint density at radius 1 is 1.21 bits per heavy atom. The lowest BCUT2D eigenvalue weighted by atomic mass is 9.97. The van der Waals surface area contributed by atoms with E-state index in [1.807, 2.05) is 49.1 Å². The molecule has 5 heteroatoms. The van der Waals surface area contributed by atoms with Crippen LogP contribution in [0.2, 0.25) is 0 Å². The Bertz CT molecular complexity index is 1160. The number of furan rings is 1. The van der Waals surface area contributed by atoms with Crippen LogP contribution in [0.3, 0.4) is 0 Å². The van der Waals surface area contributed by atoms with E-state index in [1.54, 1.807) is 19.4 Å². The van der Waals surface area contributed by atoms with Crippen LogP contribution in [0.25, 0.3) is 27.7 Å². The molecule has 0 bridgehead atoms. The normalized spacial score (nSPS) is 16.8. The second kappa shape index (κ2) is 10.2. The number of hydrogen-bond acceptors (Lipinski definition) is 4. The average Bonchev–Trinajstić information content (AvgIpc) is 3.26. The van der Waals surface area contributed by atoms with Crippen LogP contribution in [0.1, 0.15) is 52.0 Å². The van der Waals surface area contributed by atoms with Crippen molar-refractivity contribution in [3.63, 3.8) is 0 Å². The lowest BCUT2D eigenvalue weighted by molar-refractivity contribution is -0.129. The third-order valence-corrected chi connectivity index (χ3v) is 6.50. The van der Waals surface area contributed by atoms with Crippen LogP contribution in [0.15, 0.2) is 53.2 Å². The number of ether oxygens (including phenoxy) is 2. The minimum absolute atomic E-state index is 0.0850. The number of carbonyl (C=O) groups is 1. The van der Waals surface area contributed by atoms with E-state index in [4.69, 9.17) is 13.9 Å². The molecule has 1 aliphatic rings. The third-order valence-electron chi connectivity index (χ3n) is 6.50. The quantitative estimate of drug-likeness (QED) is 0.378. The van der Waals surface area contributed by atoms with Crippen LogP contribution in [0.4, 0.5) is 0 Å². The predicted molar refractivity (Wildman–Crippen MR) is 133 cm³/mol. The maximum atomic E-state index is 13.2. The average molecular weight is 448 g/mol. The summed E-state index contributed by atoms with van der Waals surface area (Å²) in [5.41, 5.74) is 4.55. The molecule has 2 aromatic carbocycles. The van der Waals surface area contributed by atoms with Crippen molar-refractivity contribution in [3.8, 4) is 22.6 Å². The van der Waals surface area contributed by atoms with Crippen LogP contribution >= 0.6 is 0 Å². The number of nitrogens with zero attached hydrogens (tertiary/aromatic N) is 1. The van der Waals surface area contributed by atoms with Gasteiger partial charge in [0.25, 0.3) is 0 Å². The van der Waals surface area contributed by atoms with E-state index in [1.165, 1.54) is 6.42 Å². The van der Waals surface area contributed by atoms with Gasteiger partial charge >= 0.3 is 0 Å². The summed E-state index contributed by atoms with van der Waals surface area (Å²) in [4.78, 5) is 15.2. The Morgan fingerprint density at radius 3 is 2.82 bits per heavy atom. The van der Waals surface area contributed by atoms with Crippen LogP contribution in [0.5, 0.6) is 11.5 Å². The zero-order chi connectivity index (χ0) is 23.4. The number of amides is 1. The summed E-state index contributed by atoms with van der Waals surface area (Å²) < 4.78 is 17.2. The summed E-state index contributed by atoms with van der Waals surface area (Å²) in [5, 5.41) is 0.978. The summed E-state index contributed by atoms with van der Waals surface area (Å²) in [5.74, 6) is 1.60. The van der Waals surface area contributed by atoms with Crippen molar-refractivity contribution in [2.45, 2.75) is 52.5 Å². The Morgan fingerprint density at radius 2 is 2.06 bits per heavy atom. The Kier molecular flexibility index (Phi) is 7.07. The topological polar surface area (TPSA) is 51.9 Å². The number of carbonyl (C=O) groups excluding carboxylic acids is 1. The molecule has 1 aliphatic heterocycles. The monoisotopic (exact) mass is 447 g/mol. The first-order valence-electron chi connectivity index (χ1n) is 11.9. The van der Waals surface area contributed by atoms with Crippen molar-refractivity contribution in [2.75, 3.05) is 20.3 Å². The number of fused-ring (bicyclic) bond motifs is 1. The number of methoxy groups -OCH3 is 1. The third kappa shape index (κ3) is 4.77. The predicted octanol–water partition coefficient (Wildman–Crippen LogP) is 6.70. The van der Waals surface area contributed by atoms with Gasteiger partial charge < -0.3 is 18.8 Å². The zero-order valence-corrected chi connectivity index (χ0v) is 20.0. The summed E-state index contributed by atoms with van der Waals surface area (Å²) in [6.07, 6.45) is 7.89. The summed E-state index contributed by atoms with van der Waals surface area (Å²) in [6.45, 7) is 7.47. The molecule has 0 aliphatic carbocycles. The van der Waals surface area contributed by atoms with Gasteiger partial charge in [0.15, 0.2) is 0 Å². The molecule has 1 aromatic heterocycles. The van der Waals surface area contributed by atoms with E-state index in [0.717, 1.165) is 70.5 Å². The summed E-state index contributed by atoms with van der Waals surface area (Å²) in [7, 11) is 1.66. The minimum atomic E-state index is 0.0850. The van der Waals surface area contributed by atoms with Gasteiger partial charge in [-0.3, -0.25) is 4.79 Å². The zero-order valence-electron chi connectivity index (χ0n) is 20.0. The van der Waals surface area contributed by atoms with Crippen LogP contribution in [-0.2, 0) is 4.79 Å². The van der Waals surface area contributed by atoms with Gasteiger partial charge in [-0.25, -0.2) is 0 Å². The van der Waals surface area contributed by atoms with E-state index < -0.39 is 0 Å². The molecule has 1 amide bonds. The fourth-order valence-corrected chi connectivity index (χ4v) is 4.71. The smallest absolute Gasteiger partial charge is 0.247 e. The maximum absolute atomic E-state index is 13.2. The van der Waals surface area contributed by atoms with Gasteiger partial charge in [0, 0.05) is 41.2 Å². The number of benzene rings is 2. The molecule has 1 saturated heterocycles. The highest BCUT2D eigenvalue weighted by atomic mass is 16.5. The largest absolute Gasteiger partial charge is 0.497 e. The first kappa shape index (κ1) is 23.0. The number of allylic oxidation sites excluding steroid dienone is 1. The molecule has 0 spiro atoms. The first-order valence-corrected chi connectivity index (χ1v) is 11.9. The fraction of sp³-hybridized carbons (Fsp3) is 0.393. The van der Waals surface area contributed by atoms with Gasteiger partial charge in [0.2, 0.25) is 5.91 Å². The van der Waals surface area contributed by atoms with Gasteiger partial charge in [-0.05, 0) is 68.9 Å². The lowest BCUT2D eigenvalue weighted by Gasteiger charge is -2.34. The Labute approximate surface area is 196 Å². The number of piperidine rings is 1. The summed E-state index contributed by atoms with van der Waals surface area (Å²) >= 11 is 0. The van der Waals surface area contributed by atoms with E-state index in [-0.39, 0.29) is 5.91 Å². The van der Waals surface area contributed by atoms with E-state index in [2.05, 4.69) is 13.0 Å². The molecule has 5 nitrogen and oxygen atoms in total. The van der Waals surface area contributed by atoms with Gasteiger partial charge in [-0.2, -0.15) is 0 Å². The maximum Gasteiger partial charge on any atom is 0.247 e. The molecule has 3 aromatic rings. The molecule has 0 saturated carbocycles. The Balaban J connectivity index is 1.75. The second-order valence-electron chi connectivity index (χ2n) is 8.58. The van der Waals surface area contributed by atoms with Crippen molar-refractivity contribution in [1.82, 2.24) is 4.90 Å². The molecule has 1 atom stereocenters. The van der Waals surface area contributed by atoms with Gasteiger partial charge in [-0.15, -0.1) is 0 Å². The molecule has 0 N–H and O–H groups in total. The fourth-order valence-electron chi connectivity index (χ4n) is 4.71. The lowest BCUT2D eigenvalue weighted by Crippen LogP contribution is -2.42. The van der Waals surface area contributed by atoms with Gasteiger partial charge in [0.1, 0.15) is 17.1 Å².